The van der Waals surface area contributed by atoms with Crippen LogP contribution in [0.3, 0.4) is 0 Å². The summed E-state index contributed by atoms with van der Waals surface area (Å²) in [6.45, 7) is 4.39. The number of rotatable bonds is 8. The summed E-state index contributed by atoms with van der Waals surface area (Å²) in [6.07, 6.45) is 1.62. The third-order valence-corrected chi connectivity index (χ3v) is 5.24. The highest BCUT2D eigenvalue weighted by Crippen LogP contribution is 2.34. The van der Waals surface area contributed by atoms with E-state index in [1.165, 1.54) is 0 Å². The van der Waals surface area contributed by atoms with Gasteiger partial charge in [0.2, 0.25) is 0 Å². The Morgan fingerprint density at radius 1 is 1.10 bits per heavy atom. The van der Waals surface area contributed by atoms with E-state index in [1.54, 1.807) is 61.7 Å². The summed E-state index contributed by atoms with van der Waals surface area (Å²) < 4.78 is 11.1. The van der Waals surface area contributed by atoms with Gasteiger partial charge in [0.1, 0.15) is 0 Å². The number of carbonyl (C=O) groups excluding carboxylic acids is 3. The minimum Gasteiger partial charge on any atom is -0.493 e. The van der Waals surface area contributed by atoms with E-state index in [0.29, 0.717) is 35.2 Å². The fourth-order valence-electron chi connectivity index (χ4n) is 2.80. The predicted molar refractivity (Wildman–Crippen MR) is 117 cm³/mol. The van der Waals surface area contributed by atoms with Gasteiger partial charge in [0.15, 0.2) is 17.3 Å². The van der Waals surface area contributed by atoms with Crippen LogP contribution in [0, 0.1) is 5.92 Å². The van der Waals surface area contributed by atoms with Crippen LogP contribution in [-0.2, 0) is 4.79 Å². The molecule has 2 aromatic rings. The van der Waals surface area contributed by atoms with Gasteiger partial charge in [-0.25, -0.2) is 0 Å². The highest BCUT2D eigenvalue weighted by atomic mass is 32.2. The molecule has 0 bridgehead atoms. The lowest BCUT2D eigenvalue weighted by atomic mass is 10.1. The number of ketones is 1. The lowest BCUT2D eigenvalue weighted by Gasteiger charge is -2.13. The standard InChI is InChI=1S/C23H23NO5S/c1-15(2)14-29-19-10-9-16(11-20(19)28-3)12-21-22(26)24(23(27)30-21)13-18(25)17-7-5-4-6-8-17/h4-12,15H,13-14H2,1-3H3/b21-12-. The van der Waals surface area contributed by atoms with E-state index in [9.17, 15) is 14.4 Å². The van der Waals surface area contributed by atoms with Crippen LogP contribution in [0.2, 0.25) is 0 Å². The van der Waals surface area contributed by atoms with Crippen LogP contribution in [-0.4, -0.2) is 42.1 Å². The summed E-state index contributed by atoms with van der Waals surface area (Å²) >= 11 is 0.820. The Morgan fingerprint density at radius 2 is 1.83 bits per heavy atom. The van der Waals surface area contributed by atoms with Crippen molar-refractivity contribution in [1.29, 1.82) is 0 Å². The SMILES string of the molecule is COc1cc(/C=C2\SC(=O)N(CC(=O)c3ccccc3)C2=O)ccc1OCC(C)C. The Hall–Kier alpha value is -3.06. The molecule has 30 heavy (non-hydrogen) atoms. The number of carbonyl (C=O) groups is 3. The van der Waals surface area contributed by atoms with Gasteiger partial charge in [-0.1, -0.05) is 50.2 Å². The van der Waals surface area contributed by atoms with Crippen molar-refractivity contribution in [2.45, 2.75) is 13.8 Å². The number of ether oxygens (including phenoxy) is 2. The Kier molecular flexibility index (Phi) is 6.95. The predicted octanol–water partition coefficient (Wildman–Crippen LogP) is 4.65. The third-order valence-electron chi connectivity index (χ3n) is 4.33. The summed E-state index contributed by atoms with van der Waals surface area (Å²) in [5.41, 5.74) is 1.16. The topological polar surface area (TPSA) is 72.9 Å². The van der Waals surface area contributed by atoms with E-state index >= 15 is 0 Å². The summed E-state index contributed by atoms with van der Waals surface area (Å²) in [7, 11) is 1.55. The number of thioether (sulfide) groups is 1. The number of nitrogens with zero attached hydrogens (tertiary/aromatic N) is 1. The molecule has 1 heterocycles. The largest absolute Gasteiger partial charge is 0.493 e. The average molecular weight is 426 g/mol. The first kappa shape index (κ1) is 21.6. The molecule has 3 rings (SSSR count). The molecule has 1 aliphatic rings. The van der Waals surface area contributed by atoms with Gasteiger partial charge < -0.3 is 9.47 Å². The highest BCUT2D eigenvalue weighted by molar-refractivity contribution is 8.18. The lowest BCUT2D eigenvalue weighted by Crippen LogP contribution is -2.33. The zero-order valence-corrected chi connectivity index (χ0v) is 17.9. The Bertz CT molecular complexity index is 984. The summed E-state index contributed by atoms with van der Waals surface area (Å²) in [5.74, 6) is 0.772. The van der Waals surface area contributed by atoms with Crippen LogP contribution < -0.4 is 9.47 Å². The molecule has 2 aromatic carbocycles. The maximum Gasteiger partial charge on any atom is 0.293 e. The second kappa shape index (κ2) is 9.63. The van der Waals surface area contributed by atoms with Crippen LogP contribution in [0.25, 0.3) is 6.08 Å². The van der Waals surface area contributed by atoms with Crippen molar-refractivity contribution in [3.63, 3.8) is 0 Å². The van der Waals surface area contributed by atoms with Crippen molar-refractivity contribution in [3.8, 4) is 11.5 Å². The van der Waals surface area contributed by atoms with Gasteiger partial charge in [-0.15, -0.1) is 0 Å². The van der Waals surface area contributed by atoms with Crippen LogP contribution >= 0.6 is 11.8 Å². The number of benzene rings is 2. The van der Waals surface area contributed by atoms with E-state index in [0.717, 1.165) is 16.7 Å². The molecule has 0 aliphatic carbocycles. The molecule has 0 N–H and O–H groups in total. The van der Waals surface area contributed by atoms with Crippen molar-refractivity contribution in [2.24, 2.45) is 5.92 Å². The van der Waals surface area contributed by atoms with Gasteiger partial charge >= 0.3 is 0 Å². The molecule has 6 nitrogen and oxygen atoms in total. The minimum atomic E-state index is -0.478. The van der Waals surface area contributed by atoms with Crippen LogP contribution in [0.1, 0.15) is 29.8 Å². The van der Waals surface area contributed by atoms with Crippen molar-refractivity contribution in [2.75, 3.05) is 20.3 Å². The fraction of sp³-hybridized carbons (Fsp3) is 0.261. The summed E-state index contributed by atoms with van der Waals surface area (Å²) in [6, 6.07) is 13.9. The minimum absolute atomic E-state index is 0.263. The smallest absolute Gasteiger partial charge is 0.293 e. The first-order valence-electron chi connectivity index (χ1n) is 9.53. The Labute approximate surface area is 179 Å². The average Bonchev–Trinajstić information content (AvgIpc) is 3.00. The molecule has 0 atom stereocenters. The lowest BCUT2D eigenvalue weighted by molar-refractivity contribution is -0.122. The maximum atomic E-state index is 12.7. The molecule has 156 valence electrons. The van der Waals surface area contributed by atoms with Crippen molar-refractivity contribution < 1.29 is 23.9 Å². The van der Waals surface area contributed by atoms with E-state index in [-0.39, 0.29) is 17.2 Å². The van der Waals surface area contributed by atoms with Crippen molar-refractivity contribution in [3.05, 3.63) is 64.6 Å². The zero-order valence-electron chi connectivity index (χ0n) is 17.1. The summed E-state index contributed by atoms with van der Waals surface area (Å²) in [4.78, 5) is 38.6. The van der Waals surface area contributed by atoms with Crippen molar-refractivity contribution >= 4 is 34.8 Å². The molecule has 1 aliphatic heterocycles. The third kappa shape index (κ3) is 5.10. The molecule has 0 spiro atoms. The molecule has 1 saturated heterocycles. The van der Waals surface area contributed by atoms with Crippen LogP contribution in [0.15, 0.2) is 53.4 Å². The van der Waals surface area contributed by atoms with Crippen LogP contribution in [0.5, 0.6) is 11.5 Å². The molecule has 0 unspecified atom stereocenters. The molecule has 2 amide bonds. The first-order chi connectivity index (χ1) is 14.4. The molecule has 7 heteroatoms. The van der Waals surface area contributed by atoms with E-state index in [1.807, 2.05) is 0 Å². The number of hydrogen-bond acceptors (Lipinski definition) is 6. The van der Waals surface area contributed by atoms with Crippen LogP contribution in [0.4, 0.5) is 4.79 Å². The van der Waals surface area contributed by atoms with Crippen molar-refractivity contribution in [1.82, 2.24) is 4.90 Å². The highest BCUT2D eigenvalue weighted by Gasteiger charge is 2.36. The van der Waals surface area contributed by atoms with Gasteiger partial charge in [0.25, 0.3) is 11.1 Å². The number of amides is 2. The van der Waals surface area contributed by atoms with Gasteiger partial charge in [0, 0.05) is 5.56 Å². The van der Waals surface area contributed by atoms with Gasteiger partial charge in [-0.2, -0.15) is 0 Å². The zero-order chi connectivity index (χ0) is 21.7. The normalized spacial score (nSPS) is 15.2. The number of methoxy groups -OCH3 is 1. The molecule has 0 aromatic heterocycles. The van der Waals surface area contributed by atoms with E-state index < -0.39 is 11.1 Å². The molecule has 0 radical (unpaired) electrons. The van der Waals surface area contributed by atoms with Gasteiger partial charge in [-0.3, -0.25) is 19.3 Å². The fourth-order valence-corrected chi connectivity index (χ4v) is 3.63. The summed E-state index contributed by atoms with van der Waals surface area (Å²) in [5, 5.41) is -0.459. The second-order valence-corrected chi connectivity index (χ2v) is 8.17. The maximum absolute atomic E-state index is 12.7. The number of imide groups is 1. The Morgan fingerprint density at radius 3 is 2.50 bits per heavy atom. The monoisotopic (exact) mass is 425 g/mol. The molecular formula is C23H23NO5S. The van der Waals surface area contributed by atoms with Gasteiger partial charge in [0.05, 0.1) is 25.2 Å². The molecule has 0 saturated carbocycles. The first-order valence-corrected chi connectivity index (χ1v) is 10.3. The molecule has 1 fully saturated rings. The second-order valence-electron chi connectivity index (χ2n) is 7.17. The van der Waals surface area contributed by atoms with E-state index in [2.05, 4.69) is 13.8 Å². The number of Topliss-reactive ketones (excluding diaryl/α,β-unsaturated/α-hetero) is 1. The van der Waals surface area contributed by atoms with E-state index in [4.69, 9.17) is 9.47 Å². The van der Waals surface area contributed by atoms with Gasteiger partial charge in [-0.05, 0) is 41.5 Å². The quantitative estimate of drug-likeness (QED) is 0.453. The Balaban J connectivity index is 1.75. The molecular weight excluding hydrogens is 402 g/mol. The number of hydrogen-bond donors (Lipinski definition) is 0.